The van der Waals surface area contributed by atoms with Gasteiger partial charge in [-0.2, -0.15) is 5.10 Å². The van der Waals surface area contributed by atoms with Gasteiger partial charge in [0, 0.05) is 37.3 Å². The van der Waals surface area contributed by atoms with Crippen LogP contribution in [-0.4, -0.2) is 19.7 Å². The molecule has 0 aromatic carbocycles. The molecule has 0 aliphatic rings. The van der Waals surface area contributed by atoms with Gasteiger partial charge in [0.2, 0.25) is 0 Å². The molecule has 3 N–H and O–H groups in total. The van der Waals surface area contributed by atoms with Crippen LogP contribution in [0.1, 0.15) is 36.5 Å². The summed E-state index contributed by atoms with van der Waals surface area (Å²) in [5.74, 6) is 2.11. The summed E-state index contributed by atoms with van der Waals surface area (Å²) < 4.78 is 1.84. The number of hydrogen-bond acceptors (Lipinski definition) is 5. The van der Waals surface area contributed by atoms with Gasteiger partial charge in [-0.25, -0.2) is 9.97 Å². The lowest BCUT2D eigenvalue weighted by Gasteiger charge is -2.11. The maximum absolute atomic E-state index is 5.92. The Morgan fingerprint density at radius 2 is 2.00 bits per heavy atom. The molecular formula is C14H22N6. The molecule has 2 heterocycles. The van der Waals surface area contributed by atoms with Crippen LogP contribution in [0.5, 0.6) is 0 Å². The van der Waals surface area contributed by atoms with E-state index in [9.17, 15) is 0 Å². The number of anilines is 2. The van der Waals surface area contributed by atoms with Crippen molar-refractivity contribution < 1.29 is 0 Å². The monoisotopic (exact) mass is 274 g/mol. The summed E-state index contributed by atoms with van der Waals surface area (Å²) in [6, 6.07) is 0. The smallest absolute Gasteiger partial charge is 0.135 e. The summed E-state index contributed by atoms with van der Waals surface area (Å²) in [5.41, 5.74) is 9.10. The molecule has 2 rings (SSSR count). The van der Waals surface area contributed by atoms with E-state index in [1.54, 1.807) is 0 Å². The van der Waals surface area contributed by atoms with Gasteiger partial charge in [0.1, 0.15) is 17.5 Å². The molecule has 2 aromatic heterocycles. The third kappa shape index (κ3) is 2.89. The van der Waals surface area contributed by atoms with Crippen molar-refractivity contribution >= 4 is 11.6 Å². The first-order chi connectivity index (χ1) is 9.55. The SMILES string of the molecule is CCc1nc(N)c(C)c(NCc2cn(C)nc2CC)n1. The number of aryl methyl sites for hydroxylation is 3. The predicted octanol–water partition coefficient (Wildman–Crippen LogP) is 1.84. The number of nitrogen functional groups attached to an aromatic ring is 1. The molecule has 20 heavy (non-hydrogen) atoms. The van der Waals surface area contributed by atoms with Gasteiger partial charge >= 0.3 is 0 Å². The van der Waals surface area contributed by atoms with Gasteiger partial charge in [-0.1, -0.05) is 13.8 Å². The highest BCUT2D eigenvalue weighted by atomic mass is 15.3. The first-order valence-electron chi connectivity index (χ1n) is 6.93. The van der Waals surface area contributed by atoms with Crippen molar-refractivity contribution in [2.24, 2.45) is 7.05 Å². The van der Waals surface area contributed by atoms with Gasteiger partial charge in [-0.15, -0.1) is 0 Å². The molecule has 0 spiro atoms. The van der Waals surface area contributed by atoms with Gasteiger partial charge in [0.05, 0.1) is 5.69 Å². The highest BCUT2D eigenvalue weighted by Gasteiger charge is 2.10. The molecule has 0 atom stereocenters. The molecule has 108 valence electrons. The molecular weight excluding hydrogens is 252 g/mol. The van der Waals surface area contributed by atoms with Crippen molar-refractivity contribution in [2.45, 2.75) is 40.2 Å². The fourth-order valence-corrected chi connectivity index (χ4v) is 2.12. The molecule has 0 bridgehead atoms. The molecule has 0 aliphatic carbocycles. The zero-order valence-electron chi connectivity index (χ0n) is 12.6. The Balaban J connectivity index is 2.20. The minimum Gasteiger partial charge on any atom is -0.383 e. The molecule has 0 radical (unpaired) electrons. The van der Waals surface area contributed by atoms with E-state index < -0.39 is 0 Å². The van der Waals surface area contributed by atoms with Crippen LogP contribution >= 0.6 is 0 Å². The Bertz CT molecular complexity index is 602. The lowest BCUT2D eigenvalue weighted by atomic mass is 10.2. The van der Waals surface area contributed by atoms with E-state index in [2.05, 4.69) is 27.3 Å². The van der Waals surface area contributed by atoms with Crippen LogP contribution in [0, 0.1) is 6.92 Å². The maximum Gasteiger partial charge on any atom is 0.135 e. The predicted molar refractivity (Wildman–Crippen MR) is 80.5 cm³/mol. The third-order valence-electron chi connectivity index (χ3n) is 3.32. The Morgan fingerprint density at radius 3 is 2.65 bits per heavy atom. The normalized spacial score (nSPS) is 10.8. The van der Waals surface area contributed by atoms with Crippen LogP contribution in [0.15, 0.2) is 6.20 Å². The van der Waals surface area contributed by atoms with E-state index >= 15 is 0 Å². The Morgan fingerprint density at radius 1 is 1.25 bits per heavy atom. The second-order valence-corrected chi connectivity index (χ2v) is 4.83. The summed E-state index contributed by atoms with van der Waals surface area (Å²) in [4.78, 5) is 8.75. The van der Waals surface area contributed by atoms with Crippen LogP contribution in [-0.2, 0) is 26.4 Å². The summed E-state index contributed by atoms with van der Waals surface area (Å²) in [5, 5.41) is 7.78. The van der Waals surface area contributed by atoms with Crippen LogP contribution in [0.2, 0.25) is 0 Å². The average Bonchev–Trinajstić information content (AvgIpc) is 2.80. The number of nitrogens with one attached hydrogen (secondary N) is 1. The molecule has 6 nitrogen and oxygen atoms in total. The fourth-order valence-electron chi connectivity index (χ4n) is 2.12. The lowest BCUT2D eigenvalue weighted by Crippen LogP contribution is -2.09. The number of rotatable bonds is 5. The lowest BCUT2D eigenvalue weighted by molar-refractivity contribution is 0.746. The summed E-state index contributed by atoms with van der Waals surface area (Å²) in [7, 11) is 1.94. The summed E-state index contributed by atoms with van der Waals surface area (Å²) >= 11 is 0. The second kappa shape index (κ2) is 5.90. The van der Waals surface area contributed by atoms with E-state index in [0.29, 0.717) is 12.4 Å². The highest BCUT2D eigenvalue weighted by Crippen LogP contribution is 2.19. The van der Waals surface area contributed by atoms with E-state index in [1.165, 1.54) is 5.56 Å². The number of nitrogens with two attached hydrogens (primary N) is 1. The number of hydrogen-bond donors (Lipinski definition) is 2. The minimum absolute atomic E-state index is 0.543. The van der Waals surface area contributed by atoms with Crippen LogP contribution in [0.25, 0.3) is 0 Å². The Labute approximate surface area is 119 Å². The van der Waals surface area contributed by atoms with Crippen molar-refractivity contribution in [2.75, 3.05) is 11.1 Å². The summed E-state index contributed by atoms with van der Waals surface area (Å²) in [6.45, 7) is 6.75. The van der Waals surface area contributed by atoms with Crippen molar-refractivity contribution in [3.63, 3.8) is 0 Å². The fraction of sp³-hybridized carbons (Fsp3) is 0.500. The molecule has 6 heteroatoms. The van der Waals surface area contributed by atoms with Gasteiger partial charge in [-0.3, -0.25) is 4.68 Å². The quantitative estimate of drug-likeness (QED) is 0.869. The zero-order valence-corrected chi connectivity index (χ0v) is 12.6. The first kappa shape index (κ1) is 14.3. The maximum atomic E-state index is 5.92. The largest absolute Gasteiger partial charge is 0.383 e. The molecule has 0 saturated carbocycles. The second-order valence-electron chi connectivity index (χ2n) is 4.83. The van der Waals surface area contributed by atoms with Crippen molar-refractivity contribution in [1.82, 2.24) is 19.7 Å². The summed E-state index contributed by atoms with van der Waals surface area (Å²) in [6.07, 6.45) is 3.72. The third-order valence-corrected chi connectivity index (χ3v) is 3.32. The standard InChI is InChI=1S/C14H22N6/c1-5-11-10(8-20(4)19-11)7-16-14-9(3)13(15)17-12(6-2)18-14/h8H,5-7H2,1-4H3,(H3,15,16,17,18). The van der Waals surface area contributed by atoms with E-state index in [-0.39, 0.29) is 0 Å². The molecule has 0 unspecified atom stereocenters. The average molecular weight is 274 g/mol. The van der Waals surface area contributed by atoms with Gasteiger partial charge < -0.3 is 11.1 Å². The Kier molecular flexibility index (Phi) is 4.22. The molecule has 0 saturated heterocycles. The first-order valence-corrected chi connectivity index (χ1v) is 6.93. The van der Waals surface area contributed by atoms with Crippen LogP contribution in [0.4, 0.5) is 11.6 Å². The number of nitrogens with zero attached hydrogens (tertiary/aromatic N) is 4. The Hall–Kier alpha value is -2.11. The van der Waals surface area contributed by atoms with Crippen molar-refractivity contribution in [3.8, 4) is 0 Å². The van der Waals surface area contributed by atoms with Gasteiger partial charge in [0.15, 0.2) is 0 Å². The van der Waals surface area contributed by atoms with Crippen molar-refractivity contribution in [3.05, 3.63) is 28.8 Å². The zero-order chi connectivity index (χ0) is 14.7. The van der Waals surface area contributed by atoms with Crippen molar-refractivity contribution in [1.29, 1.82) is 0 Å². The number of aromatic nitrogens is 4. The van der Waals surface area contributed by atoms with E-state index in [4.69, 9.17) is 5.73 Å². The van der Waals surface area contributed by atoms with Crippen LogP contribution in [0.3, 0.4) is 0 Å². The highest BCUT2D eigenvalue weighted by molar-refractivity contribution is 5.55. The molecule has 0 fully saturated rings. The van der Waals surface area contributed by atoms with Gasteiger partial charge in [-0.05, 0) is 13.3 Å². The van der Waals surface area contributed by atoms with Gasteiger partial charge in [0.25, 0.3) is 0 Å². The minimum atomic E-state index is 0.543. The molecule has 0 amide bonds. The molecule has 2 aromatic rings. The van der Waals surface area contributed by atoms with E-state index in [1.807, 2.05) is 31.8 Å². The van der Waals surface area contributed by atoms with Crippen LogP contribution < -0.4 is 11.1 Å². The van der Waals surface area contributed by atoms with E-state index in [0.717, 1.165) is 35.7 Å². The topological polar surface area (TPSA) is 81.6 Å². The molecule has 0 aliphatic heterocycles.